The first-order chi connectivity index (χ1) is 7.63. The maximum Gasteiger partial charge on any atom is 0.102 e. The molecule has 3 nitrogen and oxygen atoms in total. The summed E-state index contributed by atoms with van der Waals surface area (Å²) in [4.78, 5) is 0. The minimum atomic E-state index is 0.227. The smallest absolute Gasteiger partial charge is 0.102 e. The third kappa shape index (κ3) is 10.7. The molecule has 17 heavy (non-hydrogen) atoms. The highest BCUT2D eigenvalue weighted by Gasteiger charge is 2.19. The summed E-state index contributed by atoms with van der Waals surface area (Å²) < 4.78 is 12.3. The molecule has 0 N–H and O–H groups in total. The summed E-state index contributed by atoms with van der Waals surface area (Å²) in [6, 6.07) is 0. The van der Waals surface area contributed by atoms with Crippen LogP contribution in [0.25, 0.3) is 0 Å². The molecule has 1 atom stereocenters. The minimum Gasteiger partial charge on any atom is -0.378 e. The molecule has 0 aromatic rings. The molecule has 3 heteroatoms. The Balaban J connectivity index is 3.36. The van der Waals surface area contributed by atoms with Crippen LogP contribution in [0.2, 0.25) is 0 Å². The van der Waals surface area contributed by atoms with Crippen LogP contribution in [-0.2, 0) is 9.47 Å². The zero-order valence-corrected chi connectivity index (χ0v) is 12.9. The maximum absolute atomic E-state index is 5.77. The molecule has 0 amide bonds. The summed E-state index contributed by atoms with van der Waals surface area (Å²) in [6.45, 7) is 12.2. The standard InChI is InChI=1S/C14H32NO2/c1-13(14(2,3)4)17-11-8-10-16-12-9-15(5,6)7/h13H,8-12H2,1-7H3/q+1/t13-/m0/s1. The van der Waals surface area contributed by atoms with Gasteiger partial charge in [0.05, 0.1) is 33.9 Å². The van der Waals surface area contributed by atoms with E-state index in [9.17, 15) is 0 Å². The summed E-state index contributed by atoms with van der Waals surface area (Å²) in [5, 5.41) is 0. The van der Waals surface area contributed by atoms with E-state index in [4.69, 9.17) is 9.47 Å². The van der Waals surface area contributed by atoms with E-state index in [0.29, 0.717) is 6.10 Å². The van der Waals surface area contributed by atoms with Crippen molar-refractivity contribution in [2.45, 2.75) is 40.2 Å². The Morgan fingerprint density at radius 2 is 1.59 bits per heavy atom. The summed E-state index contributed by atoms with van der Waals surface area (Å²) in [7, 11) is 6.53. The molecular formula is C14H32NO2+. The van der Waals surface area contributed by atoms with Gasteiger partial charge in [0.2, 0.25) is 0 Å². The van der Waals surface area contributed by atoms with Gasteiger partial charge in [-0.2, -0.15) is 0 Å². The first-order valence-corrected chi connectivity index (χ1v) is 6.63. The first-order valence-electron chi connectivity index (χ1n) is 6.63. The van der Waals surface area contributed by atoms with Crippen molar-refractivity contribution in [2.24, 2.45) is 5.41 Å². The second-order valence-corrected chi connectivity index (χ2v) is 6.86. The van der Waals surface area contributed by atoms with Crippen LogP contribution < -0.4 is 0 Å². The van der Waals surface area contributed by atoms with Gasteiger partial charge in [0.1, 0.15) is 6.54 Å². The van der Waals surface area contributed by atoms with Crippen molar-refractivity contribution in [3.8, 4) is 0 Å². The fourth-order valence-electron chi connectivity index (χ4n) is 1.11. The van der Waals surface area contributed by atoms with Crippen LogP contribution in [0.5, 0.6) is 0 Å². The summed E-state index contributed by atoms with van der Waals surface area (Å²) in [5.74, 6) is 0. The first kappa shape index (κ1) is 16.9. The predicted molar refractivity (Wildman–Crippen MR) is 73.2 cm³/mol. The molecule has 0 bridgehead atoms. The van der Waals surface area contributed by atoms with E-state index in [2.05, 4.69) is 48.8 Å². The fourth-order valence-corrected chi connectivity index (χ4v) is 1.11. The molecule has 0 aliphatic heterocycles. The highest BCUT2D eigenvalue weighted by molar-refractivity contribution is 4.69. The highest BCUT2D eigenvalue weighted by atomic mass is 16.5. The number of quaternary nitrogens is 1. The van der Waals surface area contributed by atoms with Crippen molar-refractivity contribution in [1.29, 1.82) is 0 Å². The van der Waals surface area contributed by atoms with E-state index < -0.39 is 0 Å². The van der Waals surface area contributed by atoms with Gasteiger partial charge >= 0.3 is 0 Å². The Morgan fingerprint density at radius 1 is 1.00 bits per heavy atom. The number of likely N-dealkylation sites (N-methyl/N-ethyl adjacent to an activating group) is 1. The van der Waals surface area contributed by atoms with Crippen molar-refractivity contribution >= 4 is 0 Å². The Kier molecular flexibility index (Phi) is 7.29. The van der Waals surface area contributed by atoms with Gasteiger partial charge in [-0.15, -0.1) is 0 Å². The Morgan fingerprint density at radius 3 is 2.06 bits per heavy atom. The van der Waals surface area contributed by atoms with E-state index in [1.54, 1.807) is 0 Å². The van der Waals surface area contributed by atoms with Crippen molar-refractivity contribution in [3.05, 3.63) is 0 Å². The molecule has 0 radical (unpaired) electrons. The normalized spacial score (nSPS) is 15.0. The zero-order chi connectivity index (χ0) is 13.5. The van der Waals surface area contributed by atoms with Gasteiger partial charge in [0, 0.05) is 13.2 Å². The van der Waals surface area contributed by atoms with Crippen molar-refractivity contribution < 1.29 is 14.0 Å². The highest BCUT2D eigenvalue weighted by Crippen LogP contribution is 2.21. The molecule has 0 saturated carbocycles. The van der Waals surface area contributed by atoms with E-state index >= 15 is 0 Å². The van der Waals surface area contributed by atoms with Gasteiger partial charge in [-0.3, -0.25) is 0 Å². The summed E-state index contributed by atoms with van der Waals surface area (Å²) >= 11 is 0. The molecule has 0 rings (SSSR count). The van der Waals surface area contributed by atoms with Crippen LogP contribution in [0.4, 0.5) is 0 Å². The zero-order valence-electron chi connectivity index (χ0n) is 12.9. The molecule has 0 aromatic carbocycles. The monoisotopic (exact) mass is 246 g/mol. The van der Waals surface area contributed by atoms with Crippen LogP contribution in [0.3, 0.4) is 0 Å². The van der Waals surface area contributed by atoms with Gasteiger partial charge in [0.15, 0.2) is 0 Å². The number of ether oxygens (including phenoxy) is 2. The van der Waals surface area contributed by atoms with E-state index in [-0.39, 0.29) is 5.41 Å². The molecule has 0 heterocycles. The molecule has 0 spiro atoms. The SMILES string of the molecule is C[C@H](OCCCOCC[N+](C)(C)C)C(C)(C)C. The molecule has 0 aromatic heterocycles. The molecular weight excluding hydrogens is 214 g/mol. The maximum atomic E-state index is 5.77. The predicted octanol–water partition coefficient (Wildman–Crippen LogP) is 2.55. The van der Waals surface area contributed by atoms with Crippen LogP contribution in [0, 0.1) is 5.41 Å². The lowest BCUT2D eigenvalue weighted by Gasteiger charge is -2.27. The lowest BCUT2D eigenvalue weighted by Crippen LogP contribution is -2.37. The van der Waals surface area contributed by atoms with Crippen molar-refractivity contribution in [1.82, 2.24) is 0 Å². The largest absolute Gasteiger partial charge is 0.378 e. The lowest BCUT2D eigenvalue weighted by molar-refractivity contribution is -0.870. The molecule has 0 unspecified atom stereocenters. The molecule has 104 valence electrons. The molecule has 0 aliphatic carbocycles. The van der Waals surface area contributed by atoms with E-state index in [0.717, 1.165) is 37.3 Å². The second-order valence-electron chi connectivity index (χ2n) is 6.86. The topological polar surface area (TPSA) is 18.5 Å². The summed E-state index contributed by atoms with van der Waals surface area (Å²) in [6.07, 6.45) is 1.28. The van der Waals surface area contributed by atoms with Crippen LogP contribution in [-0.4, -0.2) is 58.1 Å². The third-order valence-corrected chi connectivity index (χ3v) is 2.93. The molecule has 0 fully saturated rings. The number of rotatable bonds is 8. The quantitative estimate of drug-likeness (QED) is 0.484. The van der Waals surface area contributed by atoms with Crippen molar-refractivity contribution in [2.75, 3.05) is 47.5 Å². The second kappa shape index (κ2) is 7.34. The average molecular weight is 246 g/mol. The number of hydrogen-bond acceptors (Lipinski definition) is 2. The van der Waals surface area contributed by atoms with Crippen LogP contribution >= 0.6 is 0 Å². The van der Waals surface area contributed by atoms with Gasteiger partial charge in [-0.1, -0.05) is 20.8 Å². The van der Waals surface area contributed by atoms with Gasteiger partial charge in [-0.05, 0) is 18.8 Å². The Hall–Kier alpha value is -0.120. The van der Waals surface area contributed by atoms with Gasteiger partial charge in [-0.25, -0.2) is 0 Å². The number of nitrogens with zero attached hydrogens (tertiary/aromatic N) is 1. The number of hydrogen-bond donors (Lipinski definition) is 0. The summed E-state index contributed by atoms with van der Waals surface area (Å²) in [5.41, 5.74) is 0.227. The lowest BCUT2D eigenvalue weighted by atomic mass is 9.90. The van der Waals surface area contributed by atoms with E-state index in [1.807, 2.05) is 0 Å². The fraction of sp³-hybridized carbons (Fsp3) is 1.00. The van der Waals surface area contributed by atoms with Gasteiger partial charge in [0.25, 0.3) is 0 Å². The Labute approximate surface area is 108 Å². The molecule has 0 aliphatic rings. The minimum absolute atomic E-state index is 0.227. The average Bonchev–Trinajstić information content (AvgIpc) is 2.12. The van der Waals surface area contributed by atoms with Gasteiger partial charge < -0.3 is 14.0 Å². The van der Waals surface area contributed by atoms with Crippen LogP contribution in [0.1, 0.15) is 34.1 Å². The molecule has 0 saturated heterocycles. The van der Waals surface area contributed by atoms with Crippen molar-refractivity contribution in [3.63, 3.8) is 0 Å². The third-order valence-electron chi connectivity index (χ3n) is 2.93. The van der Waals surface area contributed by atoms with E-state index in [1.165, 1.54) is 0 Å². The Bertz CT molecular complexity index is 191. The van der Waals surface area contributed by atoms with Crippen LogP contribution in [0.15, 0.2) is 0 Å².